The van der Waals surface area contributed by atoms with Crippen LogP contribution in [-0.4, -0.2) is 31.1 Å². The van der Waals surface area contributed by atoms with Crippen molar-refractivity contribution in [1.82, 2.24) is 5.32 Å². The molecule has 0 aliphatic heterocycles. The highest BCUT2D eigenvalue weighted by molar-refractivity contribution is 5.85. The Bertz CT molecular complexity index is 429. The molecule has 2 rings (SSSR count). The van der Waals surface area contributed by atoms with E-state index in [-0.39, 0.29) is 11.9 Å². The van der Waals surface area contributed by atoms with Gasteiger partial charge in [-0.3, -0.25) is 4.79 Å². The molecule has 0 bridgehead atoms. The van der Waals surface area contributed by atoms with Crippen LogP contribution in [0.15, 0.2) is 30.3 Å². The van der Waals surface area contributed by atoms with Gasteiger partial charge in [-0.25, -0.2) is 0 Å². The molecule has 1 aliphatic carbocycles. The summed E-state index contributed by atoms with van der Waals surface area (Å²) in [6.45, 7) is 3.42. The predicted octanol–water partition coefficient (Wildman–Crippen LogP) is 2.29. The van der Waals surface area contributed by atoms with E-state index in [1.165, 1.54) is 12.8 Å². The van der Waals surface area contributed by atoms with Gasteiger partial charge in [-0.1, -0.05) is 31.0 Å². The van der Waals surface area contributed by atoms with Crippen LogP contribution in [0.2, 0.25) is 0 Å². The van der Waals surface area contributed by atoms with Crippen molar-refractivity contribution in [3.8, 4) is 0 Å². The Balaban J connectivity index is 2.02. The predicted molar refractivity (Wildman–Crippen MR) is 87.3 cm³/mol. The normalized spacial score (nSPS) is 16.7. The van der Waals surface area contributed by atoms with E-state index in [0.29, 0.717) is 12.6 Å². The second-order valence-electron chi connectivity index (χ2n) is 5.84. The van der Waals surface area contributed by atoms with Crippen LogP contribution in [-0.2, 0) is 4.79 Å². The molecule has 0 spiro atoms. The van der Waals surface area contributed by atoms with Gasteiger partial charge >= 0.3 is 0 Å². The average molecular weight is 289 g/mol. The zero-order chi connectivity index (χ0) is 15.1. The quantitative estimate of drug-likeness (QED) is 0.809. The van der Waals surface area contributed by atoms with Gasteiger partial charge in [0.2, 0.25) is 5.91 Å². The Labute approximate surface area is 127 Å². The van der Waals surface area contributed by atoms with E-state index in [9.17, 15) is 4.79 Å². The summed E-state index contributed by atoms with van der Waals surface area (Å²) in [4.78, 5) is 14.6. The van der Waals surface area contributed by atoms with Crippen molar-refractivity contribution in [2.24, 2.45) is 5.73 Å². The lowest BCUT2D eigenvalue weighted by atomic mass is 10.1. The fourth-order valence-electron chi connectivity index (χ4n) is 2.96. The molecule has 1 saturated carbocycles. The number of benzene rings is 1. The largest absolute Gasteiger partial charge is 0.360 e. The summed E-state index contributed by atoms with van der Waals surface area (Å²) in [7, 11) is 0. The van der Waals surface area contributed by atoms with E-state index in [0.717, 1.165) is 31.5 Å². The molecule has 1 atom stereocenters. The molecule has 4 nitrogen and oxygen atoms in total. The van der Waals surface area contributed by atoms with E-state index in [2.05, 4.69) is 22.3 Å². The van der Waals surface area contributed by atoms with Gasteiger partial charge in [0.1, 0.15) is 6.04 Å². The second kappa shape index (κ2) is 8.03. The van der Waals surface area contributed by atoms with Gasteiger partial charge in [-0.05, 0) is 44.9 Å². The van der Waals surface area contributed by atoms with E-state index >= 15 is 0 Å². The van der Waals surface area contributed by atoms with Gasteiger partial charge in [0.25, 0.3) is 0 Å². The number of rotatable bonds is 7. The molecule has 1 unspecified atom stereocenters. The topological polar surface area (TPSA) is 58.4 Å². The first-order chi connectivity index (χ1) is 10.2. The lowest BCUT2D eigenvalue weighted by Gasteiger charge is -2.31. The lowest BCUT2D eigenvalue weighted by Crippen LogP contribution is -2.48. The molecular formula is C17H27N3O. The van der Waals surface area contributed by atoms with Gasteiger partial charge < -0.3 is 16.0 Å². The zero-order valence-electron chi connectivity index (χ0n) is 12.9. The number of hydrogen-bond acceptors (Lipinski definition) is 3. The van der Waals surface area contributed by atoms with Gasteiger partial charge in [0.15, 0.2) is 0 Å². The fraction of sp³-hybridized carbons (Fsp3) is 0.588. The van der Waals surface area contributed by atoms with Crippen molar-refractivity contribution in [2.45, 2.75) is 51.1 Å². The maximum absolute atomic E-state index is 12.5. The molecular weight excluding hydrogens is 262 g/mol. The van der Waals surface area contributed by atoms with Crippen LogP contribution >= 0.6 is 0 Å². The van der Waals surface area contributed by atoms with Crippen LogP contribution in [0.1, 0.15) is 39.0 Å². The average Bonchev–Trinajstić information content (AvgIpc) is 3.01. The highest BCUT2D eigenvalue weighted by Gasteiger charge is 2.24. The molecule has 1 aliphatic rings. The van der Waals surface area contributed by atoms with Gasteiger partial charge in [0, 0.05) is 18.3 Å². The first kappa shape index (κ1) is 15.8. The molecule has 0 saturated heterocycles. The molecule has 1 aromatic carbocycles. The molecule has 4 heteroatoms. The molecule has 1 aromatic rings. The molecule has 21 heavy (non-hydrogen) atoms. The molecule has 0 aromatic heterocycles. The van der Waals surface area contributed by atoms with Gasteiger partial charge in [-0.15, -0.1) is 0 Å². The monoisotopic (exact) mass is 289 g/mol. The number of amides is 1. The first-order valence-corrected chi connectivity index (χ1v) is 8.04. The molecule has 3 N–H and O–H groups in total. The Morgan fingerprint density at radius 3 is 2.62 bits per heavy atom. The number of carbonyl (C=O) groups excluding carboxylic acids is 1. The maximum Gasteiger partial charge on any atom is 0.242 e. The van der Waals surface area contributed by atoms with Crippen molar-refractivity contribution < 1.29 is 4.79 Å². The summed E-state index contributed by atoms with van der Waals surface area (Å²) in [5.74, 6) is 0.128. The smallest absolute Gasteiger partial charge is 0.242 e. The van der Waals surface area contributed by atoms with Crippen LogP contribution < -0.4 is 16.0 Å². The van der Waals surface area contributed by atoms with Crippen LogP contribution in [0.5, 0.6) is 0 Å². The highest BCUT2D eigenvalue weighted by Crippen LogP contribution is 2.20. The van der Waals surface area contributed by atoms with E-state index in [4.69, 9.17) is 5.73 Å². The maximum atomic E-state index is 12.5. The van der Waals surface area contributed by atoms with Crippen molar-refractivity contribution in [2.75, 3.05) is 18.0 Å². The number of nitrogens with two attached hydrogens (primary N) is 1. The van der Waals surface area contributed by atoms with E-state index in [1.807, 2.05) is 25.1 Å². The minimum atomic E-state index is -0.167. The van der Waals surface area contributed by atoms with Crippen LogP contribution in [0.4, 0.5) is 5.69 Å². The van der Waals surface area contributed by atoms with Crippen LogP contribution in [0.25, 0.3) is 0 Å². The summed E-state index contributed by atoms with van der Waals surface area (Å²) < 4.78 is 0. The summed E-state index contributed by atoms with van der Waals surface area (Å²) in [5.41, 5.74) is 6.72. The van der Waals surface area contributed by atoms with Crippen LogP contribution in [0.3, 0.4) is 0 Å². The third-order valence-corrected chi connectivity index (χ3v) is 4.24. The third kappa shape index (κ3) is 4.46. The SMILES string of the molecule is CC(C(=O)NC1CCCC1)N(CCCN)c1ccccc1. The van der Waals surface area contributed by atoms with E-state index < -0.39 is 0 Å². The molecule has 0 heterocycles. The third-order valence-electron chi connectivity index (χ3n) is 4.24. The Morgan fingerprint density at radius 1 is 1.33 bits per heavy atom. The molecule has 116 valence electrons. The van der Waals surface area contributed by atoms with Crippen molar-refractivity contribution in [3.05, 3.63) is 30.3 Å². The minimum absolute atomic E-state index is 0.128. The number of carbonyl (C=O) groups is 1. The van der Waals surface area contributed by atoms with Gasteiger partial charge in [0.05, 0.1) is 0 Å². The zero-order valence-corrected chi connectivity index (χ0v) is 12.9. The summed E-state index contributed by atoms with van der Waals surface area (Å²) in [5, 5.41) is 3.19. The Morgan fingerprint density at radius 2 is 2.00 bits per heavy atom. The Kier molecular flexibility index (Phi) is 6.05. The number of hydrogen-bond donors (Lipinski definition) is 2. The second-order valence-corrected chi connectivity index (χ2v) is 5.84. The number of anilines is 1. The number of para-hydroxylation sites is 1. The molecule has 1 amide bonds. The highest BCUT2D eigenvalue weighted by atomic mass is 16.2. The fourth-order valence-corrected chi connectivity index (χ4v) is 2.96. The minimum Gasteiger partial charge on any atom is -0.360 e. The van der Waals surface area contributed by atoms with Gasteiger partial charge in [-0.2, -0.15) is 0 Å². The molecule has 0 radical (unpaired) electrons. The number of nitrogens with zero attached hydrogens (tertiary/aromatic N) is 1. The standard InChI is InChI=1S/C17H27N3O/c1-14(17(21)19-15-8-5-6-9-15)20(13-7-12-18)16-10-3-2-4-11-16/h2-4,10-11,14-15H,5-9,12-13,18H2,1H3,(H,19,21). The van der Waals surface area contributed by atoms with Crippen molar-refractivity contribution in [1.29, 1.82) is 0 Å². The summed E-state index contributed by atoms with van der Waals surface area (Å²) >= 11 is 0. The van der Waals surface area contributed by atoms with Crippen molar-refractivity contribution >= 4 is 11.6 Å². The van der Waals surface area contributed by atoms with E-state index in [1.54, 1.807) is 0 Å². The van der Waals surface area contributed by atoms with Crippen LogP contribution in [0, 0.1) is 0 Å². The Hall–Kier alpha value is -1.55. The first-order valence-electron chi connectivity index (χ1n) is 8.04. The molecule has 1 fully saturated rings. The lowest BCUT2D eigenvalue weighted by molar-refractivity contribution is -0.122. The van der Waals surface area contributed by atoms with Crippen molar-refractivity contribution in [3.63, 3.8) is 0 Å². The summed E-state index contributed by atoms with van der Waals surface area (Å²) in [6, 6.07) is 10.3. The summed E-state index contributed by atoms with van der Waals surface area (Å²) in [6.07, 6.45) is 5.58. The number of nitrogens with one attached hydrogen (secondary N) is 1.